The van der Waals surface area contributed by atoms with Crippen LogP contribution in [0.2, 0.25) is 0 Å². The highest BCUT2D eigenvalue weighted by molar-refractivity contribution is 5.80. The minimum atomic E-state index is 0.110. The maximum Gasteiger partial charge on any atom is 0.193 e. The molecule has 1 N–H and O–H groups in total. The van der Waals surface area contributed by atoms with Crippen LogP contribution in [0.5, 0.6) is 0 Å². The van der Waals surface area contributed by atoms with Gasteiger partial charge < -0.3 is 15.0 Å². The average Bonchev–Trinajstić information content (AvgIpc) is 2.70. The number of ether oxygens (including phenoxy) is 1. The Hall–Kier alpha value is -1.63. The number of guanidine groups is 1. The summed E-state index contributed by atoms with van der Waals surface area (Å²) >= 11 is 0. The topological polar surface area (TPSA) is 43.3 Å². The van der Waals surface area contributed by atoms with Crippen LogP contribution >= 0.6 is 0 Å². The number of hydrogen-bond acceptors (Lipinski definition) is 4. The van der Waals surface area contributed by atoms with Crippen LogP contribution < -0.4 is 5.32 Å². The third-order valence-electron chi connectivity index (χ3n) is 6.24. The van der Waals surface area contributed by atoms with Gasteiger partial charge in [-0.3, -0.25) is 14.8 Å². The maximum absolute atomic E-state index is 6.10. The molecule has 0 aromatic heterocycles. The molecule has 4 aliphatic heterocycles. The number of benzene rings is 1. The van der Waals surface area contributed by atoms with Gasteiger partial charge in [-0.15, -0.1) is 0 Å². The normalized spacial score (nSPS) is 31.2. The zero-order chi connectivity index (χ0) is 18.8. The van der Waals surface area contributed by atoms with Gasteiger partial charge in [0.25, 0.3) is 0 Å². The molecular weight excluding hydrogens is 338 g/mol. The van der Waals surface area contributed by atoms with Gasteiger partial charge in [-0.05, 0) is 25.0 Å². The molecule has 2 unspecified atom stereocenters. The highest BCUT2D eigenvalue weighted by Crippen LogP contribution is 2.26. The molecule has 2 atom stereocenters. The lowest BCUT2D eigenvalue weighted by Crippen LogP contribution is -2.64. The lowest BCUT2D eigenvalue weighted by molar-refractivity contribution is -0.00928. The summed E-state index contributed by atoms with van der Waals surface area (Å²) in [5.74, 6) is 1.01. The Bertz CT molecular complexity index is 683. The summed E-state index contributed by atoms with van der Waals surface area (Å²) in [4.78, 5) is 12.1. The fraction of sp³-hybridized carbons (Fsp3) is 0.667. The Kier molecular flexibility index (Phi) is 5.66. The molecule has 2 bridgehead atoms. The Labute approximate surface area is 163 Å². The van der Waals surface area contributed by atoms with E-state index < -0.39 is 0 Å². The summed E-state index contributed by atoms with van der Waals surface area (Å²) in [7, 11) is 1.89. The van der Waals surface area contributed by atoms with Gasteiger partial charge in [-0.25, -0.2) is 0 Å². The van der Waals surface area contributed by atoms with Crippen LogP contribution in [0.25, 0.3) is 0 Å². The van der Waals surface area contributed by atoms with Crippen LogP contribution in [0.15, 0.2) is 23.2 Å². The van der Waals surface area contributed by atoms with Crippen LogP contribution in [0.3, 0.4) is 0 Å². The molecule has 1 aromatic rings. The smallest absolute Gasteiger partial charge is 0.193 e. The van der Waals surface area contributed by atoms with Gasteiger partial charge in [0.2, 0.25) is 0 Å². The predicted molar refractivity (Wildman–Crippen MR) is 109 cm³/mol. The van der Waals surface area contributed by atoms with Gasteiger partial charge in [0, 0.05) is 58.9 Å². The van der Waals surface area contributed by atoms with Gasteiger partial charge >= 0.3 is 0 Å². The molecule has 4 heterocycles. The molecule has 0 saturated carbocycles. The monoisotopic (exact) mass is 371 g/mol. The first-order valence-corrected chi connectivity index (χ1v) is 10.2. The van der Waals surface area contributed by atoms with E-state index in [0.717, 1.165) is 32.2 Å². The standard InChI is InChI=1S/C21H33N5O/c1-16-4-5-19(17(2)12-16)20-15-26(10-11-27-20)21(22-3)23-13-18-14-24-6-8-25(18)9-7-24/h4-5,12,18,20H,6-11,13-15H2,1-3H3,(H,22,23). The summed E-state index contributed by atoms with van der Waals surface area (Å²) in [6.45, 7) is 13.8. The molecule has 6 heteroatoms. The van der Waals surface area contributed by atoms with Crippen molar-refractivity contribution in [3.63, 3.8) is 0 Å². The van der Waals surface area contributed by atoms with Crippen molar-refractivity contribution in [1.82, 2.24) is 20.0 Å². The second-order valence-electron chi connectivity index (χ2n) is 8.08. The molecule has 4 fully saturated rings. The maximum atomic E-state index is 6.10. The lowest BCUT2D eigenvalue weighted by Gasteiger charge is -2.47. The van der Waals surface area contributed by atoms with Crippen LogP contribution in [0.1, 0.15) is 22.8 Å². The van der Waals surface area contributed by atoms with Crippen LogP contribution in [-0.4, -0.2) is 92.7 Å². The second-order valence-corrected chi connectivity index (χ2v) is 8.08. The van der Waals surface area contributed by atoms with E-state index >= 15 is 0 Å². The first kappa shape index (κ1) is 18.7. The van der Waals surface area contributed by atoms with Gasteiger partial charge in [-0.2, -0.15) is 0 Å². The van der Waals surface area contributed by atoms with Gasteiger partial charge in [-0.1, -0.05) is 23.8 Å². The summed E-state index contributed by atoms with van der Waals surface area (Å²) in [5.41, 5.74) is 3.91. The van der Waals surface area contributed by atoms with E-state index in [2.05, 4.69) is 57.1 Å². The highest BCUT2D eigenvalue weighted by Gasteiger charge is 2.32. The number of hydrogen-bond donors (Lipinski definition) is 1. The molecule has 0 spiro atoms. The summed E-state index contributed by atoms with van der Waals surface area (Å²) in [6, 6.07) is 7.24. The predicted octanol–water partition coefficient (Wildman–Crippen LogP) is 1.25. The second kappa shape index (κ2) is 8.17. The summed E-state index contributed by atoms with van der Waals surface area (Å²) < 4.78 is 6.10. The Balaban J connectivity index is 1.37. The zero-order valence-electron chi connectivity index (χ0n) is 16.9. The molecule has 27 heavy (non-hydrogen) atoms. The lowest BCUT2D eigenvalue weighted by atomic mass is 10.00. The van der Waals surface area contributed by atoms with E-state index in [1.54, 1.807) is 0 Å². The largest absolute Gasteiger partial charge is 0.370 e. The van der Waals surface area contributed by atoms with Crippen molar-refractivity contribution in [2.45, 2.75) is 26.0 Å². The fourth-order valence-corrected chi connectivity index (χ4v) is 4.68. The van der Waals surface area contributed by atoms with Crippen molar-refractivity contribution >= 4 is 5.96 Å². The van der Waals surface area contributed by atoms with Crippen molar-refractivity contribution in [2.24, 2.45) is 4.99 Å². The van der Waals surface area contributed by atoms with Crippen molar-refractivity contribution in [3.05, 3.63) is 34.9 Å². The van der Waals surface area contributed by atoms with E-state index in [1.165, 1.54) is 49.4 Å². The van der Waals surface area contributed by atoms with Crippen molar-refractivity contribution < 1.29 is 4.74 Å². The quantitative estimate of drug-likeness (QED) is 0.640. The van der Waals surface area contributed by atoms with Crippen molar-refractivity contribution in [2.75, 3.05) is 66.0 Å². The Morgan fingerprint density at radius 1 is 1.15 bits per heavy atom. The van der Waals surface area contributed by atoms with Gasteiger partial charge in [0.05, 0.1) is 13.2 Å². The molecule has 4 saturated heterocycles. The molecule has 0 aliphatic carbocycles. The molecule has 6 nitrogen and oxygen atoms in total. The van der Waals surface area contributed by atoms with Gasteiger partial charge in [0.15, 0.2) is 5.96 Å². The first-order chi connectivity index (χ1) is 13.1. The SMILES string of the molecule is CN=C(NCC1CN2CCN1CC2)N1CCOC(c2ccc(C)cc2C)C1. The summed E-state index contributed by atoms with van der Waals surface area (Å²) in [5, 5.41) is 3.64. The Morgan fingerprint density at radius 2 is 1.96 bits per heavy atom. The highest BCUT2D eigenvalue weighted by atomic mass is 16.5. The summed E-state index contributed by atoms with van der Waals surface area (Å²) in [6.07, 6.45) is 0.110. The Morgan fingerprint density at radius 3 is 2.63 bits per heavy atom. The van der Waals surface area contributed by atoms with Gasteiger partial charge in [0.1, 0.15) is 6.10 Å². The third kappa shape index (κ3) is 4.13. The van der Waals surface area contributed by atoms with Crippen molar-refractivity contribution in [3.8, 4) is 0 Å². The van der Waals surface area contributed by atoms with Crippen LogP contribution in [-0.2, 0) is 4.74 Å². The fourth-order valence-electron chi connectivity index (χ4n) is 4.68. The molecule has 0 radical (unpaired) electrons. The molecule has 4 aliphatic rings. The van der Waals surface area contributed by atoms with Crippen LogP contribution in [0.4, 0.5) is 0 Å². The van der Waals surface area contributed by atoms with Crippen LogP contribution in [0, 0.1) is 13.8 Å². The average molecular weight is 372 g/mol. The third-order valence-corrected chi connectivity index (χ3v) is 6.24. The number of aryl methyl sites for hydroxylation is 2. The number of rotatable bonds is 3. The van der Waals surface area contributed by atoms with E-state index in [-0.39, 0.29) is 6.10 Å². The number of nitrogens with zero attached hydrogens (tertiary/aromatic N) is 4. The van der Waals surface area contributed by atoms with E-state index in [4.69, 9.17) is 4.74 Å². The molecular formula is C21H33N5O. The van der Waals surface area contributed by atoms with Crippen molar-refractivity contribution in [1.29, 1.82) is 0 Å². The number of nitrogens with one attached hydrogen (secondary N) is 1. The minimum absolute atomic E-state index is 0.110. The van der Waals surface area contributed by atoms with E-state index in [0.29, 0.717) is 6.04 Å². The zero-order valence-corrected chi connectivity index (χ0v) is 16.9. The first-order valence-electron chi connectivity index (χ1n) is 10.2. The molecule has 1 aromatic carbocycles. The number of fused-ring (bicyclic) bond motifs is 3. The minimum Gasteiger partial charge on any atom is -0.370 e. The molecule has 148 valence electrons. The number of aliphatic imine (C=N–C) groups is 1. The number of morpholine rings is 1. The van der Waals surface area contributed by atoms with E-state index in [9.17, 15) is 0 Å². The van der Waals surface area contributed by atoms with E-state index in [1.807, 2.05) is 7.05 Å². The molecule has 0 amide bonds. The number of piperazine rings is 3. The molecule has 5 rings (SSSR count).